The van der Waals surface area contributed by atoms with Crippen molar-refractivity contribution in [2.45, 2.75) is 39.2 Å². The minimum atomic E-state index is -0.459. The van der Waals surface area contributed by atoms with Gasteiger partial charge in [-0.3, -0.25) is 4.79 Å². The summed E-state index contributed by atoms with van der Waals surface area (Å²) >= 11 is 0. The third kappa shape index (κ3) is 4.10. The molecule has 1 heterocycles. The van der Waals surface area contributed by atoms with Gasteiger partial charge in [0.05, 0.1) is 5.54 Å². The van der Waals surface area contributed by atoms with Gasteiger partial charge in [-0.05, 0) is 46.3 Å². The molecule has 4 heteroatoms. The highest BCUT2D eigenvalue weighted by Crippen LogP contribution is 2.06. The van der Waals surface area contributed by atoms with Crippen molar-refractivity contribution in [1.82, 2.24) is 15.5 Å². The van der Waals surface area contributed by atoms with Gasteiger partial charge in [0.1, 0.15) is 0 Å². The maximum atomic E-state index is 11.8. The molecule has 94 valence electrons. The molecular formula is C12H25N3O. The van der Waals surface area contributed by atoms with Crippen molar-refractivity contribution in [3.63, 3.8) is 0 Å². The molecule has 0 aromatic heterocycles. The second-order valence-electron chi connectivity index (χ2n) is 4.96. The monoisotopic (exact) mass is 227 g/mol. The van der Waals surface area contributed by atoms with Crippen LogP contribution in [0.3, 0.4) is 0 Å². The summed E-state index contributed by atoms with van der Waals surface area (Å²) in [6.07, 6.45) is 2.60. The molecule has 4 nitrogen and oxygen atoms in total. The van der Waals surface area contributed by atoms with Crippen LogP contribution in [0.15, 0.2) is 0 Å². The molecule has 0 bridgehead atoms. The van der Waals surface area contributed by atoms with Crippen LogP contribution >= 0.6 is 0 Å². The molecule has 1 aliphatic heterocycles. The SMILES string of the molecule is CCNC(C)(C)C(=O)NCCN1CCCC1. The van der Waals surface area contributed by atoms with Gasteiger partial charge in [-0.2, -0.15) is 0 Å². The molecule has 0 unspecified atom stereocenters. The number of nitrogens with one attached hydrogen (secondary N) is 2. The Morgan fingerprint density at radius 1 is 1.31 bits per heavy atom. The van der Waals surface area contributed by atoms with E-state index in [1.54, 1.807) is 0 Å². The lowest BCUT2D eigenvalue weighted by atomic mass is 10.0. The molecule has 16 heavy (non-hydrogen) atoms. The van der Waals surface area contributed by atoms with Gasteiger partial charge < -0.3 is 15.5 Å². The average molecular weight is 227 g/mol. The summed E-state index contributed by atoms with van der Waals surface area (Å²) in [5, 5.41) is 6.17. The van der Waals surface area contributed by atoms with Crippen molar-refractivity contribution in [2.24, 2.45) is 0 Å². The fourth-order valence-corrected chi connectivity index (χ4v) is 2.08. The average Bonchev–Trinajstić information content (AvgIpc) is 2.70. The van der Waals surface area contributed by atoms with Gasteiger partial charge in [0.2, 0.25) is 5.91 Å². The number of likely N-dealkylation sites (tertiary alicyclic amines) is 1. The highest BCUT2D eigenvalue weighted by atomic mass is 16.2. The van der Waals surface area contributed by atoms with Crippen LogP contribution in [-0.2, 0) is 4.79 Å². The van der Waals surface area contributed by atoms with Gasteiger partial charge in [-0.1, -0.05) is 6.92 Å². The van der Waals surface area contributed by atoms with E-state index in [9.17, 15) is 4.79 Å². The normalized spacial score (nSPS) is 17.7. The first-order valence-corrected chi connectivity index (χ1v) is 6.32. The number of hydrogen-bond donors (Lipinski definition) is 2. The van der Waals surface area contributed by atoms with Crippen molar-refractivity contribution < 1.29 is 4.79 Å². The van der Waals surface area contributed by atoms with Crippen LogP contribution in [0.25, 0.3) is 0 Å². The van der Waals surface area contributed by atoms with E-state index in [4.69, 9.17) is 0 Å². The second-order valence-corrected chi connectivity index (χ2v) is 4.96. The molecule has 2 N–H and O–H groups in total. The molecule has 0 aliphatic carbocycles. The summed E-state index contributed by atoms with van der Waals surface area (Å²) in [4.78, 5) is 14.2. The Kier molecular flexibility index (Phi) is 5.22. The molecule has 0 saturated carbocycles. The zero-order valence-electron chi connectivity index (χ0n) is 10.8. The van der Waals surface area contributed by atoms with Crippen LogP contribution in [0.2, 0.25) is 0 Å². The van der Waals surface area contributed by atoms with Crippen LogP contribution in [0.1, 0.15) is 33.6 Å². The molecule has 1 saturated heterocycles. The fourth-order valence-electron chi connectivity index (χ4n) is 2.08. The van der Waals surface area contributed by atoms with E-state index in [1.165, 1.54) is 25.9 Å². The zero-order valence-corrected chi connectivity index (χ0v) is 10.8. The summed E-state index contributed by atoms with van der Waals surface area (Å²) < 4.78 is 0. The largest absolute Gasteiger partial charge is 0.353 e. The maximum absolute atomic E-state index is 11.8. The molecular weight excluding hydrogens is 202 g/mol. The van der Waals surface area contributed by atoms with Gasteiger partial charge in [-0.15, -0.1) is 0 Å². The number of nitrogens with zero attached hydrogens (tertiary/aromatic N) is 1. The number of hydrogen-bond acceptors (Lipinski definition) is 3. The minimum Gasteiger partial charge on any atom is -0.353 e. The lowest BCUT2D eigenvalue weighted by molar-refractivity contribution is -0.126. The molecule has 1 fully saturated rings. The Balaban J connectivity index is 2.18. The number of likely N-dealkylation sites (N-methyl/N-ethyl adjacent to an activating group) is 1. The highest BCUT2D eigenvalue weighted by molar-refractivity contribution is 5.85. The first kappa shape index (κ1) is 13.5. The molecule has 0 radical (unpaired) electrons. The van der Waals surface area contributed by atoms with Gasteiger partial charge in [0.25, 0.3) is 0 Å². The summed E-state index contributed by atoms with van der Waals surface area (Å²) in [6.45, 7) is 10.8. The quantitative estimate of drug-likeness (QED) is 0.698. The molecule has 1 rings (SSSR count). The van der Waals surface area contributed by atoms with E-state index in [0.29, 0.717) is 0 Å². The third-order valence-corrected chi connectivity index (χ3v) is 3.10. The Morgan fingerprint density at radius 2 is 1.94 bits per heavy atom. The predicted molar refractivity (Wildman–Crippen MR) is 66.4 cm³/mol. The van der Waals surface area contributed by atoms with Crippen LogP contribution < -0.4 is 10.6 Å². The first-order valence-electron chi connectivity index (χ1n) is 6.32. The summed E-state index contributed by atoms with van der Waals surface area (Å²) in [6, 6.07) is 0. The molecule has 0 aromatic rings. The maximum Gasteiger partial charge on any atom is 0.239 e. The van der Waals surface area contributed by atoms with Crippen molar-refractivity contribution in [3.05, 3.63) is 0 Å². The smallest absolute Gasteiger partial charge is 0.239 e. The molecule has 0 spiro atoms. The van der Waals surface area contributed by atoms with E-state index in [1.807, 2.05) is 20.8 Å². The summed E-state index contributed by atoms with van der Waals surface area (Å²) in [5.41, 5.74) is -0.459. The van der Waals surface area contributed by atoms with E-state index < -0.39 is 5.54 Å². The first-order chi connectivity index (χ1) is 7.56. The number of amides is 1. The minimum absolute atomic E-state index is 0.0912. The van der Waals surface area contributed by atoms with Crippen molar-refractivity contribution >= 4 is 5.91 Å². The van der Waals surface area contributed by atoms with Gasteiger partial charge in [-0.25, -0.2) is 0 Å². The van der Waals surface area contributed by atoms with Crippen LogP contribution in [0, 0.1) is 0 Å². The summed E-state index contributed by atoms with van der Waals surface area (Å²) in [7, 11) is 0. The van der Waals surface area contributed by atoms with E-state index in [-0.39, 0.29) is 5.91 Å². The Morgan fingerprint density at radius 3 is 2.50 bits per heavy atom. The number of rotatable bonds is 6. The van der Waals surface area contributed by atoms with Crippen LogP contribution in [0.5, 0.6) is 0 Å². The molecule has 0 aromatic carbocycles. The lowest BCUT2D eigenvalue weighted by Crippen LogP contribution is -2.53. The zero-order chi connectivity index (χ0) is 12.0. The molecule has 1 aliphatic rings. The summed E-state index contributed by atoms with van der Waals surface area (Å²) in [5.74, 6) is 0.0912. The lowest BCUT2D eigenvalue weighted by Gasteiger charge is -2.25. The van der Waals surface area contributed by atoms with Crippen LogP contribution in [-0.4, -0.2) is 49.1 Å². The van der Waals surface area contributed by atoms with Crippen molar-refractivity contribution in [2.75, 3.05) is 32.7 Å². The van der Waals surface area contributed by atoms with Gasteiger partial charge >= 0.3 is 0 Å². The van der Waals surface area contributed by atoms with Gasteiger partial charge in [0, 0.05) is 13.1 Å². The third-order valence-electron chi connectivity index (χ3n) is 3.10. The Bertz CT molecular complexity index is 222. The van der Waals surface area contributed by atoms with Crippen molar-refractivity contribution in [3.8, 4) is 0 Å². The Labute approximate surface area is 98.8 Å². The van der Waals surface area contributed by atoms with Crippen molar-refractivity contribution in [1.29, 1.82) is 0 Å². The predicted octanol–water partition coefficient (Wildman–Crippen LogP) is 0.587. The topological polar surface area (TPSA) is 44.4 Å². The second kappa shape index (κ2) is 6.21. The highest BCUT2D eigenvalue weighted by Gasteiger charge is 2.25. The van der Waals surface area contributed by atoms with E-state index in [2.05, 4.69) is 15.5 Å². The molecule has 0 atom stereocenters. The van der Waals surface area contributed by atoms with E-state index in [0.717, 1.165) is 19.6 Å². The van der Waals surface area contributed by atoms with Crippen LogP contribution in [0.4, 0.5) is 0 Å². The van der Waals surface area contributed by atoms with E-state index >= 15 is 0 Å². The van der Waals surface area contributed by atoms with Gasteiger partial charge in [0.15, 0.2) is 0 Å². The standard InChI is InChI=1S/C12H25N3O/c1-4-14-12(2,3)11(16)13-7-10-15-8-5-6-9-15/h14H,4-10H2,1-3H3,(H,13,16). The number of carbonyl (C=O) groups is 1. The Hall–Kier alpha value is -0.610. The fraction of sp³-hybridized carbons (Fsp3) is 0.917. The number of carbonyl (C=O) groups excluding carboxylic acids is 1. The molecule has 1 amide bonds.